The van der Waals surface area contributed by atoms with Gasteiger partial charge >= 0.3 is 0 Å². The Labute approximate surface area is 92.2 Å². The van der Waals surface area contributed by atoms with E-state index in [0.29, 0.717) is 0 Å². The summed E-state index contributed by atoms with van der Waals surface area (Å²) in [5.74, 6) is 0. The molecule has 1 heterocycles. The molecule has 0 saturated carbocycles. The number of benzene rings is 1. The summed E-state index contributed by atoms with van der Waals surface area (Å²) in [7, 11) is 0. The van der Waals surface area contributed by atoms with Gasteiger partial charge < -0.3 is 4.57 Å². The van der Waals surface area contributed by atoms with Crippen LogP contribution in [0.4, 0.5) is 0 Å². The van der Waals surface area contributed by atoms with Crippen LogP contribution in [0.25, 0.3) is 10.9 Å². The molecule has 72 valence electrons. The Bertz CT molecular complexity index is 482. The van der Waals surface area contributed by atoms with Gasteiger partial charge in [0.25, 0.3) is 0 Å². The topological polar surface area (TPSA) is 4.93 Å². The Morgan fingerprint density at radius 2 is 2.21 bits per heavy atom. The summed E-state index contributed by atoms with van der Waals surface area (Å²) in [6.07, 6.45) is 2.10. The fourth-order valence-corrected chi connectivity index (χ4v) is 1.98. The number of rotatable bonds is 2. The molecule has 0 spiro atoms. The molecule has 0 aliphatic heterocycles. The van der Waals surface area contributed by atoms with Gasteiger partial charge in [0.15, 0.2) is 0 Å². The largest absolute Gasteiger partial charge is 0.343 e. The zero-order valence-electron chi connectivity index (χ0n) is 8.13. The SMILES string of the molecule is C=C(C)Cn1ccc2cc(Br)ccc21. The fourth-order valence-electron chi connectivity index (χ4n) is 1.60. The van der Waals surface area contributed by atoms with Gasteiger partial charge in [-0.05, 0) is 31.2 Å². The number of hydrogen-bond donors (Lipinski definition) is 0. The minimum Gasteiger partial charge on any atom is -0.343 e. The van der Waals surface area contributed by atoms with Crippen LogP contribution in [0, 0.1) is 0 Å². The number of allylic oxidation sites excluding steroid dienone is 1. The van der Waals surface area contributed by atoms with E-state index in [1.54, 1.807) is 0 Å². The molecular weight excluding hydrogens is 238 g/mol. The van der Waals surface area contributed by atoms with Gasteiger partial charge in [-0.1, -0.05) is 28.1 Å². The second-order valence-electron chi connectivity index (χ2n) is 3.60. The normalized spacial score (nSPS) is 10.7. The number of nitrogens with zero attached hydrogens (tertiary/aromatic N) is 1. The molecule has 2 rings (SSSR count). The lowest BCUT2D eigenvalue weighted by Gasteiger charge is -2.04. The maximum atomic E-state index is 3.92. The molecule has 1 aromatic heterocycles. The summed E-state index contributed by atoms with van der Waals surface area (Å²) in [6, 6.07) is 8.45. The third-order valence-corrected chi connectivity index (χ3v) is 2.67. The van der Waals surface area contributed by atoms with Crippen molar-refractivity contribution in [1.82, 2.24) is 4.57 Å². The fraction of sp³-hybridized carbons (Fsp3) is 0.167. The van der Waals surface area contributed by atoms with Crippen LogP contribution in [0.3, 0.4) is 0 Å². The van der Waals surface area contributed by atoms with Crippen LogP contribution in [0.1, 0.15) is 6.92 Å². The van der Waals surface area contributed by atoms with Gasteiger partial charge in [0.05, 0.1) is 0 Å². The van der Waals surface area contributed by atoms with Gasteiger partial charge in [-0.2, -0.15) is 0 Å². The summed E-state index contributed by atoms with van der Waals surface area (Å²) in [5.41, 5.74) is 2.43. The van der Waals surface area contributed by atoms with E-state index in [0.717, 1.165) is 11.0 Å². The third kappa shape index (κ3) is 1.75. The highest BCUT2D eigenvalue weighted by Gasteiger charge is 2.00. The van der Waals surface area contributed by atoms with Crippen molar-refractivity contribution in [2.24, 2.45) is 0 Å². The molecule has 2 aromatic rings. The third-order valence-electron chi connectivity index (χ3n) is 2.17. The lowest BCUT2D eigenvalue weighted by molar-refractivity contribution is 0.822. The van der Waals surface area contributed by atoms with Crippen molar-refractivity contribution in [1.29, 1.82) is 0 Å². The van der Waals surface area contributed by atoms with Gasteiger partial charge in [0, 0.05) is 28.1 Å². The predicted molar refractivity (Wildman–Crippen MR) is 64.5 cm³/mol. The zero-order valence-corrected chi connectivity index (χ0v) is 9.71. The van der Waals surface area contributed by atoms with Crippen molar-refractivity contribution in [2.45, 2.75) is 13.5 Å². The van der Waals surface area contributed by atoms with Crippen LogP contribution in [0.2, 0.25) is 0 Å². The van der Waals surface area contributed by atoms with Crippen molar-refractivity contribution in [3.05, 3.63) is 47.1 Å². The lowest BCUT2D eigenvalue weighted by Crippen LogP contribution is -1.95. The Morgan fingerprint density at radius 3 is 2.93 bits per heavy atom. The number of aromatic nitrogens is 1. The minimum absolute atomic E-state index is 0.894. The standard InChI is InChI=1S/C12H12BrN/c1-9(2)8-14-6-5-10-7-11(13)3-4-12(10)14/h3-7H,1,8H2,2H3. The lowest BCUT2D eigenvalue weighted by atomic mass is 10.2. The van der Waals surface area contributed by atoms with Crippen molar-refractivity contribution in [2.75, 3.05) is 0 Å². The first-order valence-corrected chi connectivity index (χ1v) is 5.35. The van der Waals surface area contributed by atoms with Crippen LogP contribution < -0.4 is 0 Å². The summed E-state index contributed by atoms with van der Waals surface area (Å²) in [6.45, 7) is 6.86. The van der Waals surface area contributed by atoms with E-state index >= 15 is 0 Å². The Morgan fingerprint density at radius 1 is 1.43 bits per heavy atom. The molecule has 0 bridgehead atoms. The van der Waals surface area contributed by atoms with E-state index in [1.165, 1.54) is 16.5 Å². The molecule has 0 atom stereocenters. The van der Waals surface area contributed by atoms with Gasteiger partial charge in [0.2, 0.25) is 0 Å². The van der Waals surface area contributed by atoms with Crippen LogP contribution in [-0.4, -0.2) is 4.57 Å². The summed E-state index contributed by atoms with van der Waals surface area (Å²) in [5, 5.41) is 1.26. The Kier molecular flexibility index (Phi) is 2.46. The second kappa shape index (κ2) is 3.62. The van der Waals surface area contributed by atoms with Gasteiger partial charge in [0.1, 0.15) is 0 Å². The molecule has 2 heteroatoms. The van der Waals surface area contributed by atoms with Crippen LogP contribution in [-0.2, 0) is 6.54 Å². The average Bonchev–Trinajstić information content (AvgIpc) is 2.47. The molecule has 0 aliphatic rings. The molecular formula is C12H12BrN. The molecule has 0 radical (unpaired) electrons. The number of halogens is 1. The molecule has 0 unspecified atom stereocenters. The summed E-state index contributed by atoms with van der Waals surface area (Å²) >= 11 is 3.47. The second-order valence-corrected chi connectivity index (χ2v) is 4.52. The van der Waals surface area contributed by atoms with E-state index in [4.69, 9.17) is 0 Å². The van der Waals surface area contributed by atoms with Gasteiger partial charge in [-0.25, -0.2) is 0 Å². The first-order valence-electron chi connectivity index (χ1n) is 4.55. The number of fused-ring (bicyclic) bond motifs is 1. The van der Waals surface area contributed by atoms with Crippen molar-refractivity contribution in [3.8, 4) is 0 Å². The Balaban J connectivity index is 2.52. The van der Waals surface area contributed by atoms with Gasteiger partial charge in [-0.15, -0.1) is 0 Å². The van der Waals surface area contributed by atoms with Crippen LogP contribution in [0.5, 0.6) is 0 Å². The van der Waals surface area contributed by atoms with E-state index in [1.807, 2.05) is 6.92 Å². The maximum absolute atomic E-state index is 3.92. The van der Waals surface area contributed by atoms with Crippen LogP contribution in [0.15, 0.2) is 47.1 Å². The van der Waals surface area contributed by atoms with E-state index in [9.17, 15) is 0 Å². The molecule has 0 amide bonds. The van der Waals surface area contributed by atoms with Gasteiger partial charge in [-0.3, -0.25) is 0 Å². The molecule has 1 aromatic carbocycles. The average molecular weight is 250 g/mol. The molecule has 14 heavy (non-hydrogen) atoms. The van der Waals surface area contributed by atoms with E-state index in [-0.39, 0.29) is 0 Å². The van der Waals surface area contributed by atoms with Crippen LogP contribution >= 0.6 is 15.9 Å². The highest BCUT2D eigenvalue weighted by molar-refractivity contribution is 9.10. The number of hydrogen-bond acceptors (Lipinski definition) is 0. The minimum atomic E-state index is 0.894. The van der Waals surface area contributed by atoms with Crippen molar-refractivity contribution in [3.63, 3.8) is 0 Å². The molecule has 0 N–H and O–H groups in total. The Hall–Kier alpha value is -1.02. The highest BCUT2D eigenvalue weighted by atomic mass is 79.9. The maximum Gasteiger partial charge on any atom is 0.0484 e. The summed E-state index contributed by atoms with van der Waals surface area (Å²) < 4.78 is 3.34. The zero-order chi connectivity index (χ0) is 10.1. The summed E-state index contributed by atoms with van der Waals surface area (Å²) in [4.78, 5) is 0. The molecule has 0 fully saturated rings. The van der Waals surface area contributed by atoms with Crippen molar-refractivity contribution < 1.29 is 0 Å². The van der Waals surface area contributed by atoms with E-state index in [2.05, 4.69) is 57.5 Å². The molecule has 0 saturated heterocycles. The smallest absolute Gasteiger partial charge is 0.0484 e. The predicted octanol–water partition coefficient (Wildman–Crippen LogP) is 3.98. The highest BCUT2D eigenvalue weighted by Crippen LogP contribution is 2.21. The molecule has 1 nitrogen and oxygen atoms in total. The van der Waals surface area contributed by atoms with E-state index < -0.39 is 0 Å². The monoisotopic (exact) mass is 249 g/mol. The quantitative estimate of drug-likeness (QED) is 0.710. The first kappa shape index (κ1) is 9.53. The van der Waals surface area contributed by atoms with Crippen molar-refractivity contribution >= 4 is 26.8 Å². The first-order chi connectivity index (χ1) is 6.66. The molecule has 0 aliphatic carbocycles.